The Morgan fingerprint density at radius 3 is 2.71 bits per heavy atom. The van der Waals surface area contributed by atoms with Crippen LogP contribution in [0.15, 0.2) is 11.1 Å². The molecule has 1 fully saturated rings. The van der Waals surface area contributed by atoms with Gasteiger partial charge in [0.15, 0.2) is 28.3 Å². The molecule has 0 radical (unpaired) electrons. The Morgan fingerprint density at radius 1 is 1.38 bits per heavy atom. The number of aliphatic hydroxyl groups is 2. The third kappa shape index (κ3) is 4.90. The molecule has 14 nitrogen and oxygen atoms in total. The number of ketones is 2. The molecule has 8 N–H and O–H groups in total. The molecule has 1 saturated heterocycles. The SMILES string of the molecule is CC(=O)C(O)[C@H]1O[C@@H](n2cnc3c(=O)[nH]c(NC(=O)[C@@H](N)CCCCN)nc32)C[C@@]1(O)C(C)=O. The number of nitrogens with two attached hydrogens (primary N) is 2. The third-order valence-electron chi connectivity index (χ3n) is 5.86. The maximum Gasteiger partial charge on any atom is 0.280 e. The van der Waals surface area contributed by atoms with Crippen LogP contribution in [0.1, 0.15) is 45.8 Å². The fourth-order valence-corrected chi connectivity index (χ4v) is 3.81. The fourth-order valence-electron chi connectivity index (χ4n) is 3.81. The minimum atomic E-state index is -2.15. The van der Waals surface area contributed by atoms with E-state index < -0.39 is 53.1 Å². The van der Waals surface area contributed by atoms with Crippen molar-refractivity contribution in [1.82, 2.24) is 19.5 Å². The number of aliphatic hydroxyl groups excluding tert-OH is 1. The van der Waals surface area contributed by atoms with E-state index in [0.29, 0.717) is 25.8 Å². The number of Topliss-reactive ketones (excluding diaryl/α,β-unsaturated/α-hetero) is 2. The molecule has 14 heteroatoms. The van der Waals surface area contributed by atoms with E-state index in [-0.39, 0.29) is 23.5 Å². The molecule has 1 amide bonds. The summed E-state index contributed by atoms with van der Waals surface area (Å²) in [7, 11) is 0. The van der Waals surface area contributed by atoms with Crippen molar-refractivity contribution in [3.8, 4) is 0 Å². The van der Waals surface area contributed by atoms with Gasteiger partial charge in [-0.3, -0.25) is 34.0 Å². The Morgan fingerprint density at radius 2 is 2.09 bits per heavy atom. The van der Waals surface area contributed by atoms with E-state index in [2.05, 4.69) is 20.3 Å². The molecular weight excluding hydrogens is 450 g/mol. The Labute approximate surface area is 193 Å². The van der Waals surface area contributed by atoms with Gasteiger partial charge in [0.1, 0.15) is 18.4 Å². The third-order valence-corrected chi connectivity index (χ3v) is 5.86. The van der Waals surface area contributed by atoms with E-state index in [4.69, 9.17) is 16.2 Å². The van der Waals surface area contributed by atoms with Crippen LogP contribution >= 0.6 is 0 Å². The summed E-state index contributed by atoms with van der Waals surface area (Å²) in [6.07, 6.45) is -1.71. The standard InChI is InChI=1S/C20H29N7O7/c1-9(28)14(30)15-20(33,10(2)29)7-12(34-15)27-8-23-13-16(27)24-19(26-18(13)32)25-17(31)11(22)5-3-4-6-21/h8,11-12,14-15,30,33H,3-7,21-22H2,1-2H3,(H2,24,25,26,31,32)/t11-,12+,14?,15+,20+/m0/s1. The van der Waals surface area contributed by atoms with Crippen LogP contribution in [-0.4, -0.2) is 77.6 Å². The molecule has 1 unspecified atom stereocenters. The average molecular weight is 479 g/mol. The van der Waals surface area contributed by atoms with Crippen molar-refractivity contribution in [3.05, 3.63) is 16.7 Å². The average Bonchev–Trinajstić information content (AvgIpc) is 3.35. The highest BCUT2D eigenvalue weighted by atomic mass is 16.6. The number of H-pyrrole nitrogens is 1. The smallest absolute Gasteiger partial charge is 0.280 e. The lowest BCUT2D eigenvalue weighted by atomic mass is 9.86. The maximum atomic E-state index is 12.5. The monoisotopic (exact) mass is 479 g/mol. The molecule has 1 aliphatic rings. The first kappa shape index (κ1) is 25.6. The number of aromatic nitrogens is 4. The van der Waals surface area contributed by atoms with Gasteiger partial charge in [-0.25, -0.2) is 4.98 Å². The van der Waals surface area contributed by atoms with Crippen LogP contribution in [0.25, 0.3) is 11.2 Å². The normalized spacial score (nSPS) is 24.2. The Bertz CT molecular complexity index is 1150. The van der Waals surface area contributed by atoms with Gasteiger partial charge in [-0.2, -0.15) is 4.98 Å². The zero-order valence-corrected chi connectivity index (χ0v) is 18.9. The van der Waals surface area contributed by atoms with Crippen molar-refractivity contribution >= 4 is 34.6 Å². The first-order chi connectivity index (χ1) is 16.0. The lowest BCUT2D eigenvalue weighted by Crippen LogP contribution is -2.52. The maximum absolute atomic E-state index is 12.5. The number of amides is 1. The van der Waals surface area contributed by atoms with Gasteiger partial charge in [0.2, 0.25) is 11.9 Å². The van der Waals surface area contributed by atoms with Crippen molar-refractivity contribution in [3.63, 3.8) is 0 Å². The molecule has 0 saturated carbocycles. The molecule has 1 aliphatic heterocycles. The topological polar surface area (TPSA) is 229 Å². The number of carbonyl (C=O) groups excluding carboxylic acids is 3. The highest BCUT2D eigenvalue weighted by molar-refractivity contribution is 5.93. The van der Waals surface area contributed by atoms with Crippen LogP contribution in [0.2, 0.25) is 0 Å². The Hall–Kier alpha value is -3.04. The van der Waals surface area contributed by atoms with Gasteiger partial charge in [-0.15, -0.1) is 0 Å². The van der Waals surface area contributed by atoms with Crippen molar-refractivity contribution in [2.45, 2.75) is 69.6 Å². The Kier molecular flexibility index (Phi) is 7.57. The van der Waals surface area contributed by atoms with Crippen molar-refractivity contribution in [1.29, 1.82) is 0 Å². The number of unbranched alkanes of at least 4 members (excludes halogenated alkanes) is 1. The van der Waals surface area contributed by atoms with E-state index in [1.807, 2.05) is 0 Å². The van der Waals surface area contributed by atoms with Gasteiger partial charge in [-0.05, 0) is 33.2 Å². The molecule has 0 spiro atoms. The quantitative estimate of drug-likeness (QED) is 0.206. The number of nitrogens with zero attached hydrogens (tertiary/aromatic N) is 3. The molecule has 0 bridgehead atoms. The number of carbonyl (C=O) groups is 3. The van der Waals surface area contributed by atoms with Gasteiger partial charge in [0.25, 0.3) is 5.56 Å². The first-order valence-corrected chi connectivity index (χ1v) is 10.8. The highest BCUT2D eigenvalue weighted by Crippen LogP contribution is 2.40. The van der Waals surface area contributed by atoms with E-state index in [9.17, 15) is 29.4 Å². The van der Waals surface area contributed by atoms with E-state index in [1.54, 1.807) is 0 Å². The second-order valence-electron chi connectivity index (χ2n) is 8.37. The molecule has 2 aromatic rings. The molecular formula is C20H29N7O7. The molecule has 0 aromatic carbocycles. The molecule has 2 aromatic heterocycles. The van der Waals surface area contributed by atoms with Crippen LogP contribution in [0.4, 0.5) is 5.95 Å². The minimum Gasteiger partial charge on any atom is -0.382 e. The summed E-state index contributed by atoms with van der Waals surface area (Å²) in [5, 5.41) is 23.5. The molecule has 3 heterocycles. The molecule has 0 aliphatic carbocycles. The molecule has 5 atom stereocenters. The largest absolute Gasteiger partial charge is 0.382 e. The number of nitrogens with one attached hydrogen (secondary N) is 2. The summed E-state index contributed by atoms with van der Waals surface area (Å²) >= 11 is 0. The van der Waals surface area contributed by atoms with Crippen molar-refractivity contribution < 1.29 is 29.3 Å². The van der Waals surface area contributed by atoms with Crippen molar-refractivity contribution in [2.75, 3.05) is 11.9 Å². The summed E-state index contributed by atoms with van der Waals surface area (Å²) in [4.78, 5) is 59.3. The summed E-state index contributed by atoms with van der Waals surface area (Å²) in [6, 6.07) is -0.838. The molecule has 186 valence electrons. The molecule has 34 heavy (non-hydrogen) atoms. The van der Waals surface area contributed by atoms with Crippen LogP contribution in [0, 0.1) is 0 Å². The number of anilines is 1. The van der Waals surface area contributed by atoms with E-state index >= 15 is 0 Å². The Balaban J connectivity index is 1.90. The van der Waals surface area contributed by atoms with Crippen LogP contribution < -0.4 is 22.3 Å². The zero-order valence-electron chi connectivity index (χ0n) is 18.9. The van der Waals surface area contributed by atoms with Gasteiger partial charge in [-0.1, -0.05) is 6.42 Å². The van der Waals surface area contributed by atoms with Gasteiger partial charge in [0, 0.05) is 6.42 Å². The van der Waals surface area contributed by atoms with E-state index in [0.717, 1.165) is 13.8 Å². The summed E-state index contributed by atoms with van der Waals surface area (Å²) < 4.78 is 6.96. The number of imidazole rings is 1. The number of hydrogen-bond donors (Lipinski definition) is 6. The van der Waals surface area contributed by atoms with Gasteiger partial charge in [0.05, 0.1) is 12.4 Å². The number of rotatable bonds is 10. The predicted molar refractivity (Wildman–Crippen MR) is 119 cm³/mol. The van der Waals surface area contributed by atoms with Gasteiger partial charge >= 0.3 is 0 Å². The number of ether oxygens (including phenoxy) is 1. The first-order valence-electron chi connectivity index (χ1n) is 10.8. The van der Waals surface area contributed by atoms with Crippen LogP contribution in [0.5, 0.6) is 0 Å². The number of fused-ring (bicyclic) bond motifs is 1. The zero-order chi connectivity index (χ0) is 25.2. The molecule has 3 rings (SSSR count). The second kappa shape index (κ2) is 10.1. The summed E-state index contributed by atoms with van der Waals surface area (Å²) in [5.41, 5.74) is 8.40. The summed E-state index contributed by atoms with van der Waals surface area (Å²) in [5.74, 6) is -2.13. The lowest BCUT2D eigenvalue weighted by molar-refractivity contribution is -0.158. The van der Waals surface area contributed by atoms with Gasteiger partial charge < -0.3 is 26.4 Å². The lowest BCUT2D eigenvalue weighted by Gasteiger charge is -2.27. The predicted octanol–water partition coefficient (Wildman–Crippen LogP) is -1.93. The van der Waals surface area contributed by atoms with Crippen LogP contribution in [-0.2, 0) is 19.1 Å². The van der Waals surface area contributed by atoms with E-state index in [1.165, 1.54) is 10.9 Å². The van der Waals surface area contributed by atoms with Crippen molar-refractivity contribution in [2.24, 2.45) is 11.5 Å². The highest BCUT2D eigenvalue weighted by Gasteiger charge is 2.55. The fraction of sp³-hybridized carbons (Fsp3) is 0.600. The number of hydrogen-bond acceptors (Lipinski definition) is 11. The minimum absolute atomic E-state index is 0.00961. The van der Waals surface area contributed by atoms with Crippen LogP contribution in [0.3, 0.4) is 0 Å². The number of aromatic amines is 1. The summed E-state index contributed by atoms with van der Waals surface area (Å²) in [6.45, 7) is 2.70. The second-order valence-corrected chi connectivity index (χ2v) is 8.37.